The molecular weight excluding hydrogens is 297 g/mol. The quantitative estimate of drug-likeness (QED) is 0.542. The number of halogens is 1. The molecule has 0 N–H and O–H groups in total. The number of hydrogen-bond acceptors (Lipinski definition) is 6. The van der Waals surface area contributed by atoms with Crippen LogP contribution in [-0.2, 0) is 0 Å². The number of fused-ring (bicyclic) bond motifs is 1. The Morgan fingerprint density at radius 3 is 2.86 bits per heavy atom. The standard InChI is InChI=1S/C13H8FN3O3S/c1-7-4-9-12(15-6-16-13(9)21-7)20-11-3-2-8(17(18)19)5-10(11)14/h2-6H,1H3. The summed E-state index contributed by atoms with van der Waals surface area (Å²) in [6.07, 6.45) is 1.33. The van der Waals surface area contributed by atoms with Crippen LogP contribution in [0.3, 0.4) is 0 Å². The van der Waals surface area contributed by atoms with Crippen LogP contribution in [0.25, 0.3) is 10.2 Å². The average molecular weight is 305 g/mol. The summed E-state index contributed by atoms with van der Waals surface area (Å²) in [6.45, 7) is 1.92. The molecule has 0 aliphatic carbocycles. The Labute approximate surface area is 122 Å². The first-order valence-corrected chi connectivity index (χ1v) is 6.69. The molecule has 2 aromatic heterocycles. The molecule has 0 radical (unpaired) electrons. The van der Waals surface area contributed by atoms with E-state index in [4.69, 9.17) is 4.74 Å². The first kappa shape index (κ1) is 13.4. The van der Waals surface area contributed by atoms with Gasteiger partial charge in [0, 0.05) is 10.9 Å². The van der Waals surface area contributed by atoms with Gasteiger partial charge in [-0.05, 0) is 19.1 Å². The van der Waals surface area contributed by atoms with E-state index in [1.165, 1.54) is 29.8 Å². The number of rotatable bonds is 3. The van der Waals surface area contributed by atoms with Gasteiger partial charge in [-0.3, -0.25) is 10.1 Å². The van der Waals surface area contributed by atoms with Crippen molar-refractivity contribution in [2.24, 2.45) is 0 Å². The molecule has 0 saturated carbocycles. The first-order valence-electron chi connectivity index (χ1n) is 5.87. The third kappa shape index (κ3) is 2.52. The van der Waals surface area contributed by atoms with Gasteiger partial charge < -0.3 is 4.74 Å². The van der Waals surface area contributed by atoms with Crippen LogP contribution in [0, 0.1) is 22.9 Å². The summed E-state index contributed by atoms with van der Waals surface area (Å²) in [4.78, 5) is 19.8. The maximum atomic E-state index is 13.8. The second kappa shape index (κ2) is 5.06. The number of nitrogens with zero attached hydrogens (tertiary/aromatic N) is 3. The third-order valence-electron chi connectivity index (χ3n) is 2.75. The number of nitro groups is 1. The highest BCUT2D eigenvalue weighted by molar-refractivity contribution is 7.18. The second-order valence-corrected chi connectivity index (χ2v) is 5.46. The molecule has 0 aliphatic heterocycles. The fourth-order valence-corrected chi connectivity index (χ4v) is 2.66. The lowest BCUT2D eigenvalue weighted by molar-refractivity contribution is -0.385. The highest BCUT2D eigenvalue weighted by atomic mass is 32.1. The maximum absolute atomic E-state index is 13.8. The Bertz CT molecular complexity index is 850. The van der Waals surface area contributed by atoms with Crippen molar-refractivity contribution in [3.8, 4) is 11.6 Å². The molecular formula is C13H8FN3O3S. The van der Waals surface area contributed by atoms with E-state index in [0.717, 1.165) is 15.8 Å². The van der Waals surface area contributed by atoms with Crippen LogP contribution in [0.5, 0.6) is 11.6 Å². The van der Waals surface area contributed by atoms with Crippen LogP contribution in [0.4, 0.5) is 10.1 Å². The van der Waals surface area contributed by atoms with Gasteiger partial charge in [0.2, 0.25) is 5.88 Å². The van der Waals surface area contributed by atoms with Crippen LogP contribution >= 0.6 is 11.3 Å². The largest absolute Gasteiger partial charge is 0.435 e. The Hall–Kier alpha value is -2.61. The van der Waals surface area contributed by atoms with Crippen LogP contribution in [0.1, 0.15) is 4.88 Å². The molecule has 8 heteroatoms. The van der Waals surface area contributed by atoms with Gasteiger partial charge in [0.25, 0.3) is 5.69 Å². The summed E-state index contributed by atoms with van der Waals surface area (Å²) in [5.74, 6) is -0.718. The molecule has 0 aliphatic rings. The Balaban J connectivity index is 2.00. The van der Waals surface area contributed by atoms with Gasteiger partial charge in [-0.2, -0.15) is 0 Å². The summed E-state index contributed by atoms with van der Waals surface area (Å²) in [6, 6.07) is 5.04. The van der Waals surface area contributed by atoms with E-state index in [-0.39, 0.29) is 17.3 Å². The molecule has 0 fully saturated rings. The van der Waals surface area contributed by atoms with Gasteiger partial charge in [-0.25, -0.2) is 14.4 Å². The van der Waals surface area contributed by atoms with Crippen molar-refractivity contribution in [3.05, 3.63) is 51.4 Å². The zero-order valence-corrected chi connectivity index (χ0v) is 11.6. The molecule has 3 aromatic rings. The molecule has 6 nitrogen and oxygen atoms in total. The summed E-state index contributed by atoms with van der Waals surface area (Å²) < 4.78 is 19.3. The lowest BCUT2D eigenvalue weighted by atomic mass is 10.3. The van der Waals surface area contributed by atoms with Crippen molar-refractivity contribution in [1.29, 1.82) is 0 Å². The lowest BCUT2D eigenvalue weighted by Gasteiger charge is -2.06. The Morgan fingerprint density at radius 2 is 2.14 bits per heavy atom. The van der Waals surface area contributed by atoms with Gasteiger partial charge in [-0.1, -0.05) is 0 Å². The summed E-state index contributed by atoms with van der Waals surface area (Å²) in [5.41, 5.74) is -0.334. The van der Waals surface area contributed by atoms with Crippen LogP contribution in [0.2, 0.25) is 0 Å². The van der Waals surface area contributed by atoms with Crippen molar-refractivity contribution in [1.82, 2.24) is 9.97 Å². The van der Waals surface area contributed by atoms with Crippen LogP contribution < -0.4 is 4.74 Å². The number of hydrogen-bond donors (Lipinski definition) is 0. The molecule has 3 rings (SSSR count). The van der Waals surface area contributed by atoms with Crippen molar-refractivity contribution in [2.75, 3.05) is 0 Å². The minimum absolute atomic E-state index is 0.121. The van der Waals surface area contributed by atoms with E-state index in [9.17, 15) is 14.5 Å². The monoisotopic (exact) mass is 305 g/mol. The van der Waals surface area contributed by atoms with Gasteiger partial charge in [0.05, 0.1) is 16.4 Å². The number of aryl methyl sites for hydroxylation is 1. The van der Waals surface area contributed by atoms with E-state index in [1.807, 2.05) is 13.0 Å². The van der Waals surface area contributed by atoms with Gasteiger partial charge >= 0.3 is 0 Å². The fourth-order valence-electron chi connectivity index (χ4n) is 1.83. The number of thiophene rings is 1. The number of non-ortho nitro benzene ring substituents is 1. The molecule has 2 heterocycles. The molecule has 21 heavy (non-hydrogen) atoms. The van der Waals surface area contributed by atoms with Gasteiger partial charge in [0.15, 0.2) is 11.6 Å². The Morgan fingerprint density at radius 1 is 1.33 bits per heavy atom. The summed E-state index contributed by atoms with van der Waals surface area (Å²) >= 11 is 1.47. The average Bonchev–Trinajstić information content (AvgIpc) is 2.82. The lowest BCUT2D eigenvalue weighted by Crippen LogP contribution is -1.94. The maximum Gasteiger partial charge on any atom is 0.272 e. The number of ether oxygens (including phenoxy) is 1. The predicted molar refractivity (Wildman–Crippen MR) is 75.3 cm³/mol. The molecule has 0 spiro atoms. The van der Waals surface area contributed by atoms with Crippen molar-refractivity contribution >= 4 is 27.2 Å². The van der Waals surface area contributed by atoms with E-state index in [1.54, 1.807) is 0 Å². The minimum atomic E-state index is -0.817. The highest BCUT2D eigenvalue weighted by Gasteiger charge is 2.15. The van der Waals surface area contributed by atoms with E-state index in [2.05, 4.69) is 9.97 Å². The van der Waals surface area contributed by atoms with Gasteiger partial charge in [0.1, 0.15) is 11.2 Å². The topological polar surface area (TPSA) is 78.2 Å². The van der Waals surface area contributed by atoms with Crippen molar-refractivity contribution < 1.29 is 14.1 Å². The number of nitro benzene ring substituents is 1. The van der Waals surface area contributed by atoms with E-state index >= 15 is 0 Å². The highest BCUT2D eigenvalue weighted by Crippen LogP contribution is 2.33. The molecule has 0 bridgehead atoms. The van der Waals surface area contributed by atoms with E-state index in [0.29, 0.717) is 5.39 Å². The smallest absolute Gasteiger partial charge is 0.272 e. The normalized spacial score (nSPS) is 10.8. The zero-order valence-electron chi connectivity index (χ0n) is 10.7. The Kier molecular flexibility index (Phi) is 3.22. The molecule has 0 unspecified atom stereocenters. The molecule has 1 aromatic carbocycles. The van der Waals surface area contributed by atoms with Crippen LogP contribution in [0.15, 0.2) is 30.6 Å². The molecule has 0 saturated heterocycles. The summed E-state index contributed by atoms with van der Waals surface area (Å²) in [5, 5.41) is 11.3. The number of benzene rings is 1. The van der Waals surface area contributed by atoms with E-state index < -0.39 is 10.7 Å². The third-order valence-corrected chi connectivity index (χ3v) is 3.71. The van der Waals surface area contributed by atoms with Crippen LogP contribution in [-0.4, -0.2) is 14.9 Å². The summed E-state index contributed by atoms with van der Waals surface area (Å²) in [7, 11) is 0. The van der Waals surface area contributed by atoms with Crippen molar-refractivity contribution in [3.63, 3.8) is 0 Å². The molecule has 106 valence electrons. The SMILES string of the molecule is Cc1cc2c(Oc3ccc([N+](=O)[O-])cc3F)ncnc2s1. The second-order valence-electron chi connectivity index (χ2n) is 4.23. The molecule has 0 atom stereocenters. The van der Waals surface area contributed by atoms with Gasteiger partial charge in [-0.15, -0.1) is 11.3 Å². The van der Waals surface area contributed by atoms with Crippen molar-refractivity contribution in [2.45, 2.75) is 6.92 Å². The minimum Gasteiger partial charge on any atom is -0.435 e. The predicted octanol–water partition coefficient (Wildman–Crippen LogP) is 3.84. The number of aromatic nitrogens is 2. The fraction of sp³-hybridized carbons (Fsp3) is 0.0769. The molecule has 0 amide bonds. The zero-order chi connectivity index (χ0) is 15.0. The first-order chi connectivity index (χ1) is 10.0.